The molecule has 13 nitrogen and oxygen atoms in total. The predicted octanol–water partition coefficient (Wildman–Crippen LogP) is -0.386. The van der Waals surface area contributed by atoms with Crippen molar-refractivity contribution in [2.75, 3.05) is 42.3 Å². The molecule has 3 aromatic rings. The molecule has 0 bridgehead atoms. The Kier molecular flexibility index (Phi) is 4.93. The molecule has 1 aliphatic rings. The smallest absolute Gasteiger partial charge is 0.362 e. The molecule has 1 aromatic carbocycles. The summed E-state index contributed by atoms with van der Waals surface area (Å²) in [6.07, 6.45) is 0. The van der Waals surface area contributed by atoms with Gasteiger partial charge in [0.15, 0.2) is 11.5 Å². The average Bonchev–Trinajstić information content (AvgIpc) is 3.24. The summed E-state index contributed by atoms with van der Waals surface area (Å²) in [7, 11) is 0. The summed E-state index contributed by atoms with van der Waals surface area (Å²) in [5, 5.41) is 10.1. The normalized spacial score (nSPS) is 14.2. The first kappa shape index (κ1) is 19.5. The highest BCUT2D eigenvalue weighted by Gasteiger charge is 2.35. The first-order valence-electron chi connectivity index (χ1n) is 8.86. The molecule has 2 aromatic heterocycles. The van der Waals surface area contributed by atoms with E-state index in [2.05, 4.69) is 14.2 Å². The second-order valence-corrected chi connectivity index (χ2v) is 7.08. The number of piperazine rings is 1. The summed E-state index contributed by atoms with van der Waals surface area (Å²) in [6.45, 7) is 1.22. The average molecular weight is 432 g/mol. The Balaban J connectivity index is 1.68. The summed E-state index contributed by atoms with van der Waals surface area (Å²) in [4.78, 5) is 40.0. The summed E-state index contributed by atoms with van der Waals surface area (Å²) >= 11 is 0.873. The van der Waals surface area contributed by atoms with Gasteiger partial charge in [-0.1, -0.05) is 18.2 Å². The molecule has 1 aliphatic heterocycles. The highest BCUT2D eigenvalue weighted by atomic mass is 32.1. The van der Waals surface area contributed by atoms with Crippen molar-refractivity contribution in [3.05, 3.63) is 45.2 Å². The predicted molar refractivity (Wildman–Crippen MR) is 109 cm³/mol. The maximum Gasteiger partial charge on any atom is 0.406 e. The molecule has 0 aliphatic carbocycles. The number of hydrazine groups is 1. The summed E-state index contributed by atoms with van der Waals surface area (Å²) in [6, 6.07) is 6.80. The van der Waals surface area contributed by atoms with Gasteiger partial charge in [-0.25, -0.2) is 15.7 Å². The Morgan fingerprint density at radius 2 is 1.90 bits per heavy atom. The van der Waals surface area contributed by atoms with Gasteiger partial charge in [-0.3, -0.25) is 9.59 Å². The van der Waals surface area contributed by atoms with E-state index in [1.54, 1.807) is 34.1 Å². The Morgan fingerprint density at radius 1 is 1.20 bits per heavy atom. The second-order valence-electron chi connectivity index (χ2n) is 6.55. The van der Waals surface area contributed by atoms with E-state index in [-0.39, 0.29) is 23.1 Å². The van der Waals surface area contributed by atoms with E-state index in [0.29, 0.717) is 37.1 Å². The number of nitrogen functional groups attached to an aromatic ring is 2. The quantitative estimate of drug-likeness (QED) is 0.314. The molecule has 0 spiro atoms. The third-order valence-corrected chi connectivity index (χ3v) is 5.50. The molecule has 0 radical (unpaired) electrons. The van der Waals surface area contributed by atoms with Crippen LogP contribution in [0.1, 0.15) is 10.5 Å². The lowest BCUT2D eigenvalue weighted by molar-refractivity contribution is -0.730. The number of aromatic nitrogens is 3. The summed E-state index contributed by atoms with van der Waals surface area (Å²) < 4.78 is 8.72. The first-order chi connectivity index (χ1) is 14.4. The van der Waals surface area contributed by atoms with E-state index in [1.807, 2.05) is 0 Å². The topological polar surface area (TPSA) is 176 Å². The Labute approximate surface area is 172 Å². The van der Waals surface area contributed by atoms with Crippen molar-refractivity contribution in [1.82, 2.24) is 18.3 Å². The maximum absolute atomic E-state index is 12.7. The molecule has 0 saturated carbocycles. The second kappa shape index (κ2) is 7.57. The number of pyridine rings is 1. The van der Waals surface area contributed by atoms with Crippen LogP contribution in [0.2, 0.25) is 0 Å². The molecule has 6 N–H and O–H groups in total. The third-order valence-electron chi connectivity index (χ3n) is 4.97. The highest BCUT2D eigenvalue weighted by Crippen LogP contribution is 2.33. The lowest BCUT2D eigenvalue weighted by Gasteiger charge is -2.35. The molecule has 30 heavy (non-hydrogen) atoms. The number of hydrogen-bond donors (Lipinski definition) is 4. The number of nitrogens with one attached hydrogen (secondary N) is 1. The zero-order valence-corrected chi connectivity index (χ0v) is 16.4. The van der Waals surface area contributed by atoms with Crippen LogP contribution in [0.15, 0.2) is 29.1 Å². The third kappa shape index (κ3) is 3.07. The number of carbonyl (C=O) groups excluding carboxylic acids is 1. The van der Waals surface area contributed by atoms with Crippen molar-refractivity contribution < 1.29 is 14.9 Å². The van der Waals surface area contributed by atoms with Gasteiger partial charge < -0.3 is 21.1 Å². The summed E-state index contributed by atoms with van der Waals surface area (Å²) in [5.74, 6) is 11.1. The van der Waals surface area contributed by atoms with Crippen LogP contribution in [0.4, 0.5) is 17.2 Å². The molecule has 0 atom stereocenters. The fourth-order valence-corrected chi connectivity index (χ4v) is 4.04. The molecule has 0 unspecified atom stereocenters. The van der Waals surface area contributed by atoms with Gasteiger partial charge in [-0.05, 0) is 6.07 Å². The minimum Gasteiger partial charge on any atom is -0.362 e. The molecule has 1 fully saturated rings. The van der Waals surface area contributed by atoms with Crippen molar-refractivity contribution in [3.63, 3.8) is 0 Å². The van der Waals surface area contributed by atoms with Crippen LogP contribution in [0.25, 0.3) is 10.9 Å². The molecular formula is C16H18N9O4S+. The van der Waals surface area contributed by atoms with Crippen molar-refractivity contribution in [2.24, 2.45) is 5.84 Å². The standard InChI is InChI=1S/C16H17N9O4S/c17-19-14-11(20-30-21-14)15(26)23-7-5-22(6-8-23)12-9-3-1-2-4-10(9)24(18)16(27)13(12)25(28)29/h1-4H,5-8,18H2,(H3-,17,19,20,21,26,28,29)/p+1. The number of rotatable bonds is 4. The van der Waals surface area contributed by atoms with Gasteiger partial charge in [0.1, 0.15) is 5.69 Å². The van der Waals surface area contributed by atoms with E-state index in [4.69, 9.17) is 11.7 Å². The number of nitrogens with two attached hydrogens (primary N) is 2. The number of carbonyl (C=O) groups is 1. The monoisotopic (exact) mass is 432 g/mol. The maximum atomic E-state index is 12.7. The van der Waals surface area contributed by atoms with Crippen LogP contribution in [-0.2, 0) is 0 Å². The number of benzene rings is 1. The van der Waals surface area contributed by atoms with Crippen molar-refractivity contribution >= 4 is 45.7 Å². The van der Waals surface area contributed by atoms with E-state index >= 15 is 0 Å². The zero-order chi connectivity index (χ0) is 21.4. The van der Waals surface area contributed by atoms with Gasteiger partial charge in [0.05, 0.1) is 22.2 Å². The van der Waals surface area contributed by atoms with Crippen LogP contribution in [0.3, 0.4) is 0 Å². The minimum absolute atomic E-state index is 0.133. The molecule has 14 heteroatoms. The van der Waals surface area contributed by atoms with Crippen molar-refractivity contribution in [3.8, 4) is 0 Å². The van der Waals surface area contributed by atoms with Crippen LogP contribution >= 0.6 is 11.7 Å². The molecule has 156 valence electrons. The Morgan fingerprint density at radius 3 is 2.57 bits per heavy atom. The minimum atomic E-state index is -0.827. The van der Waals surface area contributed by atoms with Crippen molar-refractivity contribution in [2.45, 2.75) is 0 Å². The van der Waals surface area contributed by atoms with Gasteiger partial charge in [0.25, 0.3) is 10.8 Å². The molecular weight excluding hydrogens is 414 g/mol. The van der Waals surface area contributed by atoms with Gasteiger partial charge in [0, 0.05) is 31.6 Å². The lowest BCUT2D eigenvalue weighted by Crippen LogP contribution is -2.49. The van der Waals surface area contributed by atoms with E-state index in [1.165, 1.54) is 0 Å². The molecule has 4 rings (SSSR count). The first-order valence-corrected chi connectivity index (χ1v) is 9.59. The van der Waals surface area contributed by atoms with Gasteiger partial charge in [-0.15, -0.1) is 0 Å². The number of para-hydroxylation sites is 1. The fourth-order valence-electron chi connectivity index (χ4n) is 3.54. The van der Waals surface area contributed by atoms with E-state index < -0.39 is 16.2 Å². The number of nitrogens with zero attached hydrogens (tertiary/aromatic N) is 6. The largest absolute Gasteiger partial charge is 0.406 e. The van der Waals surface area contributed by atoms with Gasteiger partial charge >= 0.3 is 11.2 Å². The SMILES string of the molecule is NNc1nsnc1C(=O)N1CCN(c2c([N+](=O)O)c(=O)n(N)c3ccccc23)CC1. The van der Waals surface area contributed by atoms with E-state index in [0.717, 1.165) is 16.4 Å². The van der Waals surface area contributed by atoms with Crippen molar-refractivity contribution in [1.29, 1.82) is 0 Å². The van der Waals surface area contributed by atoms with Crippen LogP contribution in [0.5, 0.6) is 0 Å². The van der Waals surface area contributed by atoms with E-state index in [9.17, 15) is 19.7 Å². The Hall–Kier alpha value is -3.78. The highest BCUT2D eigenvalue weighted by molar-refractivity contribution is 6.99. The molecule has 1 saturated heterocycles. The van der Waals surface area contributed by atoms with Crippen LogP contribution < -0.4 is 27.6 Å². The molecule has 3 heterocycles. The van der Waals surface area contributed by atoms with Crippen LogP contribution in [-0.4, -0.2) is 60.5 Å². The Bertz CT molecular complexity index is 1200. The number of hydrogen-bond acceptors (Lipinski definition) is 10. The molecule has 1 amide bonds. The van der Waals surface area contributed by atoms with Gasteiger partial charge in [-0.2, -0.15) is 8.75 Å². The fraction of sp³-hybridized carbons (Fsp3) is 0.250. The number of amides is 1. The van der Waals surface area contributed by atoms with Gasteiger partial charge in [0.2, 0.25) is 0 Å². The summed E-state index contributed by atoms with van der Waals surface area (Å²) in [5.41, 5.74) is 1.85. The number of anilines is 2. The zero-order valence-electron chi connectivity index (χ0n) is 15.6. The number of fused-ring (bicyclic) bond motifs is 1. The lowest BCUT2D eigenvalue weighted by atomic mass is 10.1. The van der Waals surface area contributed by atoms with Crippen LogP contribution in [0, 0.1) is 4.91 Å².